The van der Waals surface area contributed by atoms with Gasteiger partial charge in [0.1, 0.15) is 0 Å². The number of fused-ring (bicyclic) bond motifs is 2. The molecule has 2 amide bonds. The van der Waals surface area contributed by atoms with Gasteiger partial charge in [0.15, 0.2) is 5.78 Å². The number of carbonyl (C=O) groups excluding carboxylic acids is 3. The minimum Gasteiger partial charge on any atom is -0.449 e. The van der Waals surface area contributed by atoms with Crippen LogP contribution >= 0.6 is 0 Å². The van der Waals surface area contributed by atoms with Gasteiger partial charge in [0.25, 0.3) is 0 Å². The zero-order valence-electron chi connectivity index (χ0n) is 21.2. The molecule has 2 heterocycles. The monoisotopic (exact) mass is 508 g/mol. The van der Waals surface area contributed by atoms with Gasteiger partial charge < -0.3 is 19.9 Å². The second-order valence-corrected chi connectivity index (χ2v) is 9.00. The molecule has 0 bridgehead atoms. The lowest BCUT2D eigenvalue weighted by atomic mass is 9.97. The predicted octanol–water partition coefficient (Wildman–Crippen LogP) is 5.75. The molecule has 0 spiro atoms. The van der Waals surface area contributed by atoms with Crippen molar-refractivity contribution in [3.05, 3.63) is 102 Å². The van der Waals surface area contributed by atoms with Crippen LogP contribution in [0.1, 0.15) is 22.8 Å². The van der Waals surface area contributed by atoms with Crippen LogP contribution in [0.4, 0.5) is 15.3 Å². The largest absolute Gasteiger partial charge is 0.449 e. The van der Waals surface area contributed by atoms with Crippen LogP contribution in [-0.2, 0) is 18.2 Å². The summed E-state index contributed by atoms with van der Waals surface area (Å²) in [7, 11) is 1.89. The number of rotatable bonds is 7. The fourth-order valence-corrected chi connectivity index (χ4v) is 4.72. The Labute approximate surface area is 219 Å². The van der Waals surface area contributed by atoms with E-state index in [0.29, 0.717) is 28.6 Å². The molecule has 5 aromatic rings. The van der Waals surface area contributed by atoms with Crippen molar-refractivity contribution in [1.82, 2.24) is 14.5 Å². The number of hydrogen-bond donors (Lipinski definition) is 2. The number of carbonyl (C=O) groups is 3. The predicted molar refractivity (Wildman–Crippen MR) is 148 cm³/mol. The molecule has 0 fully saturated rings. The molecule has 1 atom stereocenters. The Morgan fingerprint density at radius 3 is 2.24 bits per heavy atom. The van der Waals surface area contributed by atoms with Crippen molar-refractivity contribution in [2.45, 2.75) is 19.4 Å². The van der Waals surface area contributed by atoms with E-state index in [1.807, 2.05) is 78.3 Å². The average molecular weight is 509 g/mol. The van der Waals surface area contributed by atoms with Gasteiger partial charge in [-0.15, -0.1) is 0 Å². The molecule has 192 valence electrons. The molecule has 2 N–H and O–H groups in total. The summed E-state index contributed by atoms with van der Waals surface area (Å²) in [4.78, 5) is 39.5. The van der Waals surface area contributed by atoms with E-state index in [1.54, 1.807) is 25.3 Å². The van der Waals surface area contributed by atoms with Gasteiger partial charge in [-0.05, 0) is 24.6 Å². The molecule has 0 radical (unpaired) electrons. The van der Waals surface area contributed by atoms with Crippen molar-refractivity contribution < 1.29 is 19.1 Å². The normalized spacial score (nSPS) is 11.8. The van der Waals surface area contributed by atoms with Crippen LogP contribution in [-0.4, -0.2) is 39.7 Å². The van der Waals surface area contributed by atoms with Gasteiger partial charge in [-0.2, -0.15) is 0 Å². The van der Waals surface area contributed by atoms with Crippen molar-refractivity contribution >= 4 is 45.4 Å². The van der Waals surface area contributed by atoms with Gasteiger partial charge in [-0.3, -0.25) is 9.36 Å². The number of urea groups is 1. The van der Waals surface area contributed by atoms with Crippen LogP contribution in [0.5, 0.6) is 0 Å². The molecule has 5 rings (SSSR count). The number of nitrogens with zero attached hydrogens (tertiary/aromatic N) is 2. The lowest BCUT2D eigenvalue weighted by Crippen LogP contribution is -2.44. The number of anilines is 1. The molecule has 1 unspecified atom stereocenters. The maximum absolute atomic E-state index is 13.8. The third-order valence-electron chi connectivity index (χ3n) is 6.49. The topological polar surface area (TPSA) is 94.4 Å². The van der Waals surface area contributed by atoms with Crippen molar-refractivity contribution in [1.29, 1.82) is 0 Å². The van der Waals surface area contributed by atoms with Crippen LogP contribution < -0.4 is 10.6 Å². The second-order valence-electron chi connectivity index (χ2n) is 9.00. The number of ketones is 1. The summed E-state index contributed by atoms with van der Waals surface area (Å²) < 4.78 is 8.42. The Bertz CT molecular complexity index is 1630. The molecule has 38 heavy (non-hydrogen) atoms. The second kappa shape index (κ2) is 10.6. The van der Waals surface area contributed by atoms with Gasteiger partial charge in [-0.25, -0.2) is 9.59 Å². The van der Waals surface area contributed by atoms with E-state index in [-0.39, 0.29) is 12.4 Å². The van der Waals surface area contributed by atoms with Gasteiger partial charge in [-0.1, -0.05) is 66.7 Å². The van der Waals surface area contributed by atoms with Crippen molar-refractivity contribution in [2.24, 2.45) is 7.05 Å². The highest BCUT2D eigenvalue weighted by atomic mass is 16.5. The molecule has 0 saturated carbocycles. The third-order valence-corrected chi connectivity index (χ3v) is 6.49. The van der Waals surface area contributed by atoms with E-state index in [0.717, 1.165) is 16.5 Å². The van der Waals surface area contributed by atoms with Crippen molar-refractivity contribution in [3.63, 3.8) is 0 Å². The van der Waals surface area contributed by atoms with E-state index < -0.39 is 18.2 Å². The first-order valence-electron chi connectivity index (χ1n) is 12.4. The number of ether oxygens (including phenoxy) is 1. The highest BCUT2D eigenvalue weighted by Gasteiger charge is 2.26. The van der Waals surface area contributed by atoms with Crippen LogP contribution in [0, 0.1) is 0 Å². The number of Topliss-reactive ketones (excluding diaryl/α,β-unsaturated/α-hetero) is 1. The Kier molecular flexibility index (Phi) is 6.95. The summed E-state index contributed by atoms with van der Waals surface area (Å²) in [5, 5.41) is 7.22. The molecule has 0 aliphatic rings. The first kappa shape index (κ1) is 24.8. The van der Waals surface area contributed by atoms with Gasteiger partial charge in [0.05, 0.1) is 23.9 Å². The van der Waals surface area contributed by atoms with E-state index in [4.69, 9.17) is 4.74 Å². The average Bonchev–Trinajstić information content (AvgIpc) is 3.47. The molecule has 8 heteroatoms. The number of aryl methyl sites for hydroxylation is 1. The smallest absolute Gasteiger partial charge is 0.418 e. The van der Waals surface area contributed by atoms with Crippen LogP contribution in [0.15, 0.2) is 91.3 Å². The standard InChI is InChI=1S/C30H28N4O4/c1-3-38-30(37)34-19-25(22-14-8-10-16-27(22)34)32-29(36)31-24(17-20-11-5-4-6-12-20)28(35)23-18-33(2)26-15-9-7-13-21(23)26/h4-16,18-19,24H,3,17H2,1-2H3,(H2,31,32,36). The number of hydrogen-bond acceptors (Lipinski definition) is 4. The summed E-state index contributed by atoms with van der Waals surface area (Å²) >= 11 is 0. The summed E-state index contributed by atoms with van der Waals surface area (Å²) in [5.74, 6) is -0.185. The molecular weight excluding hydrogens is 480 g/mol. The molecule has 0 aliphatic carbocycles. The van der Waals surface area contributed by atoms with Crippen molar-refractivity contribution in [2.75, 3.05) is 11.9 Å². The maximum atomic E-state index is 13.8. The Balaban J connectivity index is 1.44. The highest BCUT2D eigenvalue weighted by molar-refractivity contribution is 6.12. The molecular formula is C30H28N4O4. The van der Waals surface area contributed by atoms with E-state index >= 15 is 0 Å². The number of nitrogens with one attached hydrogen (secondary N) is 2. The zero-order valence-corrected chi connectivity index (χ0v) is 21.2. The quantitative estimate of drug-likeness (QED) is 0.274. The van der Waals surface area contributed by atoms with Gasteiger partial charge >= 0.3 is 12.1 Å². The Morgan fingerprint density at radius 2 is 1.50 bits per heavy atom. The maximum Gasteiger partial charge on any atom is 0.418 e. The third kappa shape index (κ3) is 4.88. The SMILES string of the molecule is CCOC(=O)n1cc(NC(=O)NC(Cc2ccccc2)C(=O)c2cn(C)c3ccccc23)c2ccccc21. The Morgan fingerprint density at radius 1 is 0.842 bits per heavy atom. The lowest BCUT2D eigenvalue weighted by molar-refractivity contribution is 0.0948. The van der Waals surface area contributed by atoms with E-state index in [1.165, 1.54) is 10.8 Å². The first-order valence-corrected chi connectivity index (χ1v) is 12.4. The van der Waals surface area contributed by atoms with E-state index in [2.05, 4.69) is 10.6 Å². The number of aromatic nitrogens is 2. The fourth-order valence-electron chi connectivity index (χ4n) is 4.72. The molecule has 2 aromatic heterocycles. The van der Waals surface area contributed by atoms with Crippen molar-refractivity contribution in [3.8, 4) is 0 Å². The zero-order chi connectivity index (χ0) is 26.6. The summed E-state index contributed by atoms with van der Waals surface area (Å²) in [5.41, 5.74) is 3.44. The minimum absolute atomic E-state index is 0.185. The van der Waals surface area contributed by atoms with E-state index in [9.17, 15) is 14.4 Å². The number of benzene rings is 3. The highest BCUT2D eigenvalue weighted by Crippen LogP contribution is 2.27. The number of amides is 2. The summed E-state index contributed by atoms with van der Waals surface area (Å²) in [6, 6.07) is 23.1. The number of para-hydroxylation sites is 2. The summed E-state index contributed by atoms with van der Waals surface area (Å²) in [6.45, 7) is 1.96. The fraction of sp³-hybridized carbons (Fsp3) is 0.167. The Hall–Kier alpha value is -4.85. The molecule has 8 nitrogen and oxygen atoms in total. The van der Waals surface area contributed by atoms with Gasteiger partial charge in [0, 0.05) is 47.7 Å². The minimum atomic E-state index is -0.818. The van der Waals surface area contributed by atoms with Crippen LogP contribution in [0.2, 0.25) is 0 Å². The van der Waals surface area contributed by atoms with Crippen LogP contribution in [0.25, 0.3) is 21.8 Å². The molecule has 0 saturated heterocycles. The molecule has 0 aliphatic heterocycles. The summed E-state index contributed by atoms with van der Waals surface area (Å²) in [6.07, 6.45) is 3.12. The van der Waals surface area contributed by atoms with Crippen LogP contribution in [0.3, 0.4) is 0 Å². The molecule has 3 aromatic carbocycles. The lowest BCUT2D eigenvalue weighted by Gasteiger charge is -2.18. The van der Waals surface area contributed by atoms with Gasteiger partial charge in [0.2, 0.25) is 0 Å². The first-order chi connectivity index (χ1) is 18.5.